The number of halogens is 1. The molecule has 8 nitrogen and oxygen atoms in total. The first-order valence-electron chi connectivity index (χ1n) is 10.6. The van der Waals surface area contributed by atoms with Gasteiger partial charge in [-0.2, -0.15) is 5.10 Å². The molecule has 32 heavy (non-hydrogen) atoms. The van der Waals surface area contributed by atoms with E-state index in [2.05, 4.69) is 38.2 Å². The fourth-order valence-electron chi connectivity index (χ4n) is 2.79. The van der Waals surface area contributed by atoms with Gasteiger partial charge in [0, 0.05) is 24.8 Å². The van der Waals surface area contributed by atoms with Crippen molar-refractivity contribution in [2.45, 2.75) is 65.8 Å². The van der Waals surface area contributed by atoms with Crippen molar-refractivity contribution in [1.29, 1.82) is 0 Å². The van der Waals surface area contributed by atoms with Crippen LogP contribution in [-0.2, 0) is 17.8 Å². The van der Waals surface area contributed by atoms with Crippen LogP contribution in [0, 0.1) is 0 Å². The Morgan fingerprint density at radius 3 is 2.41 bits per heavy atom. The third-order valence-corrected chi connectivity index (χ3v) is 4.18. The Balaban J connectivity index is 0.00000512. The van der Waals surface area contributed by atoms with Crippen molar-refractivity contribution in [2.75, 3.05) is 13.1 Å². The number of nitrogens with one attached hydrogen (secondary N) is 3. The van der Waals surface area contributed by atoms with Gasteiger partial charge in [-0.3, -0.25) is 4.68 Å². The third kappa shape index (κ3) is 10.8. The van der Waals surface area contributed by atoms with Crippen LogP contribution < -0.4 is 16.0 Å². The van der Waals surface area contributed by atoms with Gasteiger partial charge in [-0.05, 0) is 47.1 Å². The standard InChI is InChI=1S/C23H36N6O2.HI/c1-7-24-20(26-17-23(5,6)28-21(30)31-22(2,3)4)25-13-19-14-27-29(16-19)15-18-11-9-8-10-12-18;/h8-12,14,16H,7,13,15,17H2,1-6H3,(H,28,30)(H2,24,25,26);1H. The maximum absolute atomic E-state index is 12.1. The second-order valence-electron chi connectivity index (χ2n) is 9.09. The number of amides is 1. The van der Waals surface area contributed by atoms with Crippen molar-refractivity contribution in [3.8, 4) is 0 Å². The van der Waals surface area contributed by atoms with Gasteiger partial charge < -0.3 is 20.7 Å². The fourth-order valence-corrected chi connectivity index (χ4v) is 2.79. The SMILES string of the molecule is CCNC(=NCc1cnn(Cc2ccccc2)c1)NCC(C)(C)NC(=O)OC(C)(C)C.I. The van der Waals surface area contributed by atoms with Crippen molar-refractivity contribution in [1.82, 2.24) is 25.7 Å². The largest absolute Gasteiger partial charge is 0.444 e. The van der Waals surface area contributed by atoms with Crippen molar-refractivity contribution < 1.29 is 9.53 Å². The van der Waals surface area contributed by atoms with Gasteiger partial charge in [0.05, 0.1) is 24.8 Å². The lowest BCUT2D eigenvalue weighted by atomic mass is 10.1. The summed E-state index contributed by atoms with van der Waals surface area (Å²) in [5.41, 5.74) is 1.18. The van der Waals surface area contributed by atoms with E-state index in [0.717, 1.165) is 18.7 Å². The van der Waals surface area contributed by atoms with Crippen LogP contribution in [0.5, 0.6) is 0 Å². The maximum atomic E-state index is 12.1. The molecular weight excluding hydrogens is 519 g/mol. The first-order chi connectivity index (χ1) is 14.6. The lowest BCUT2D eigenvalue weighted by Gasteiger charge is -2.29. The van der Waals surface area contributed by atoms with E-state index in [1.165, 1.54) is 5.56 Å². The van der Waals surface area contributed by atoms with Crippen molar-refractivity contribution >= 4 is 36.0 Å². The summed E-state index contributed by atoms with van der Waals surface area (Å²) in [5.74, 6) is 0.678. The quantitative estimate of drug-likeness (QED) is 0.261. The normalized spacial score (nSPS) is 12.0. The van der Waals surface area contributed by atoms with Crippen LogP contribution in [0.3, 0.4) is 0 Å². The molecule has 1 heterocycles. The fraction of sp³-hybridized carbons (Fsp3) is 0.522. The van der Waals surface area contributed by atoms with E-state index in [4.69, 9.17) is 4.74 Å². The van der Waals surface area contributed by atoms with Crippen LogP contribution >= 0.6 is 24.0 Å². The highest BCUT2D eigenvalue weighted by atomic mass is 127. The number of rotatable bonds is 8. The first-order valence-corrected chi connectivity index (χ1v) is 10.6. The molecule has 0 unspecified atom stereocenters. The minimum atomic E-state index is -0.533. The number of carbonyl (C=O) groups excluding carboxylic acids is 1. The van der Waals surface area contributed by atoms with E-state index in [-0.39, 0.29) is 24.0 Å². The van der Waals surface area contributed by atoms with Crippen LogP contribution in [0.15, 0.2) is 47.7 Å². The molecule has 178 valence electrons. The van der Waals surface area contributed by atoms with Gasteiger partial charge in [-0.1, -0.05) is 30.3 Å². The first kappa shape index (κ1) is 27.7. The summed E-state index contributed by atoms with van der Waals surface area (Å²) in [6.07, 6.45) is 3.41. The van der Waals surface area contributed by atoms with Crippen LogP contribution in [0.25, 0.3) is 0 Å². The molecule has 0 saturated carbocycles. The number of ether oxygens (including phenoxy) is 1. The van der Waals surface area contributed by atoms with Crippen molar-refractivity contribution in [3.05, 3.63) is 53.9 Å². The molecule has 0 aliphatic carbocycles. The number of aromatic nitrogens is 2. The number of benzene rings is 1. The zero-order valence-corrected chi connectivity index (χ0v) is 22.3. The summed E-state index contributed by atoms with van der Waals surface area (Å²) < 4.78 is 7.26. The number of guanidine groups is 1. The molecule has 0 bridgehead atoms. The van der Waals surface area contributed by atoms with Gasteiger partial charge in [-0.15, -0.1) is 24.0 Å². The highest BCUT2D eigenvalue weighted by molar-refractivity contribution is 14.0. The molecule has 1 amide bonds. The van der Waals surface area contributed by atoms with Crippen molar-refractivity contribution in [2.24, 2.45) is 4.99 Å². The molecule has 2 rings (SSSR count). The number of carbonyl (C=O) groups is 1. The predicted octanol–water partition coefficient (Wildman–Crippen LogP) is 3.91. The number of hydrogen-bond donors (Lipinski definition) is 3. The molecule has 0 aliphatic rings. The smallest absolute Gasteiger partial charge is 0.408 e. The highest BCUT2D eigenvalue weighted by Gasteiger charge is 2.24. The predicted molar refractivity (Wildman–Crippen MR) is 139 cm³/mol. The number of hydrogen-bond acceptors (Lipinski definition) is 4. The Labute approximate surface area is 208 Å². The van der Waals surface area contributed by atoms with E-state index in [9.17, 15) is 4.79 Å². The Morgan fingerprint density at radius 1 is 1.09 bits per heavy atom. The van der Waals surface area contributed by atoms with Crippen molar-refractivity contribution in [3.63, 3.8) is 0 Å². The topological polar surface area (TPSA) is 92.6 Å². The molecule has 0 saturated heterocycles. The molecule has 0 atom stereocenters. The van der Waals surface area contributed by atoms with Gasteiger partial charge in [0.15, 0.2) is 5.96 Å². The number of aliphatic imine (C=N–C) groups is 1. The van der Waals surface area contributed by atoms with E-state index in [1.807, 2.05) is 76.8 Å². The Hall–Kier alpha value is -2.30. The minimum Gasteiger partial charge on any atom is -0.444 e. The second kappa shape index (κ2) is 12.7. The molecule has 0 spiro atoms. The van der Waals surface area contributed by atoms with Gasteiger partial charge >= 0.3 is 6.09 Å². The van der Waals surface area contributed by atoms with Gasteiger partial charge in [0.1, 0.15) is 5.60 Å². The molecule has 0 fully saturated rings. The Kier molecular flexibility index (Phi) is 11.0. The highest BCUT2D eigenvalue weighted by Crippen LogP contribution is 2.09. The summed E-state index contributed by atoms with van der Waals surface area (Å²) >= 11 is 0. The summed E-state index contributed by atoms with van der Waals surface area (Å²) in [5, 5.41) is 13.8. The maximum Gasteiger partial charge on any atom is 0.408 e. The lowest BCUT2D eigenvalue weighted by molar-refractivity contribution is 0.0474. The van der Waals surface area contributed by atoms with E-state index in [1.54, 1.807) is 0 Å². The zero-order chi connectivity index (χ0) is 22.9. The molecule has 0 radical (unpaired) electrons. The molecule has 2 aromatic rings. The van der Waals surface area contributed by atoms with Gasteiger partial charge in [0.25, 0.3) is 0 Å². The van der Waals surface area contributed by atoms with Crippen LogP contribution in [0.4, 0.5) is 4.79 Å². The minimum absolute atomic E-state index is 0. The molecule has 1 aromatic carbocycles. The average Bonchev–Trinajstić information content (AvgIpc) is 3.10. The van der Waals surface area contributed by atoms with Crippen LogP contribution in [0.2, 0.25) is 0 Å². The molecule has 3 N–H and O–H groups in total. The van der Waals surface area contributed by atoms with E-state index in [0.29, 0.717) is 19.0 Å². The van der Waals surface area contributed by atoms with Crippen LogP contribution in [-0.4, -0.2) is 46.1 Å². The molecule has 9 heteroatoms. The summed E-state index contributed by atoms with van der Waals surface area (Å²) in [7, 11) is 0. The summed E-state index contributed by atoms with van der Waals surface area (Å²) in [6.45, 7) is 13.9. The Morgan fingerprint density at radius 2 is 1.78 bits per heavy atom. The van der Waals surface area contributed by atoms with E-state index >= 15 is 0 Å². The van der Waals surface area contributed by atoms with E-state index < -0.39 is 17.2 Å². The zero-order valence-electron chi connectivity index (χ0n) is 19.9. The Bertz CT molecular complexity index is 859. The average molecular weight is 556 g/mol. The molecular formula is C23H37IN6O2. The molecule has 0 aliphatic heterocycles. The third-order valence-electron chi connectivity index (χ3n) is 4.18. The van der Waals surface area contributed by atoms with Gasteiger partial charge in [0.2, 0.25) is 0 Å². The number of nitrogens with zero attached hydrogens (tertiary/aromatic N) is 3. The van der Waals surface area contributed by atoms with Crippen LogP contribution in [0.1, 0.15) is 52.7 Å². The summed E-state index contributed by atoms with van der Waals surface area (Å²) in [6, 6.07) is 10.2. The lowest BCUT2D eigenvalue weighted by Crippen LogP contribution is -2.54. The number of alkyl carbamates (subject to hydrolysis) is 1. The summed E-state index contributed by atoms with van der Waals surface area (Å²) in [4.78, 5) is 16.7. The second-order valence-corrected chi connectivity index (χ2v) is 9.09. The monoisotopic (exact) mass is 556 g/mol. The van der Waals surface area contributed by atoms with Gasteiger partial charge in [-0.25, -0.2) is 9.79 Å². The molecule has 1 aromatic heterocycles.